The second-order valence-corrected chi connectivity index (χ2v) is 7.06. The average Bonchev–Trinajstić information content (AvgIpc) is 2.37. The fourth-order valence-electron chi connectivity index (χ4n) is 1.84. The summed E-state index contributed by atoms with van der Waals surface area (Å²) in [6.45, 7) is 2.27. The predicted molar refractivity (Wildman–Crippen MR) is 77.5 cm³/mol. The van der Waals surface area contributed by atoms with Gasteiger partial charge in [-0.25, -0.2) is 12.8 Å². The lowest BCUT2D eigenvalue weighted by molar-refractivity contribution is 0.0887. The quantitative estimate of drug-likeness (QED) is 0.775. The van der Waals surface area contributed by atoms with Crippen LogP contribution < -0.4 is 5.32 Å². The molecule has 0 aliphatic rings. The standard InChI is InChI=1S/C13H17ClFNO4S/c1-3-4-9(8-20-2)16-13(17)11-6-5-10(7-12(11)15)21(14,18)19/h5-7,9H,3-4,8H2,1-2H3,(H,16,17). The monoisotopic (exact) mass is 337 g/mol. The molecule has 1 aromatic carbocycles. The van der Waals surface area contributed by atoms with Crippen LogP contribution in [-0.4, -0.2) is 34.1 Å². The van der Waals surface area contributed by atoms with Crippen molar-refractivity contribution in [3.05, 3.63) is 29.6 Å². The molecule has 0 spiro atoms. The molecule has 118 valence electrons. The Kier molecular flexibility index (Phi) is 6.57. The van der Waals surface area contributed by atoms with E-state index in [4.69, 9.17) is 15.4 Å². The van der Waals surface area contributed by atoms with Crippen molar-refractivity contribution in [2.45, 2.75) is 30.7 Å². The molecular formula is C13H17ClFNO4S. The number of benzene rings is 1. The largest absolute Gasteiger partial charge is 0.383 e. The van der Waals surface area contributed by atoms with Gasteiger partial charge in [0.25, 0.3) is 15.0 Å². The number of methoxy groups -OCH3 is 1. The average molecular weight is 338 g/mol. The Balaban J connectivity index is 2.92. The van der Waals surface area contributed by atoms with E-state index >= 15 is 0 Å². The Hall–Kier alpha value is -1.18. The van der Waals surface area contributed by atoms with Crippen LogP contribution in [0.5, 0.6) is 0 Å². The molecule has 0 saturated carbocycles. The Morgan fingerprint density at radius 2 is 2.14 bits per heavy atom. The smallest absolute Gasteiger partial charge is 0.261 e. The molecule has 5 nitrogen and oxygen atoms in total. The highest BCUT2D eigenvalue weighted by molar-refractivity contribution is 8.13. The lowest BCUT2D eigenvalue weighted by atomic mass is 10.1. The first-order valence-corrected chi connectivity index (χ1v) is 8.64. The van der Waals surface area contributed by atoms with Crippen molar-refractivity contribution in [3.8, 4) is 0 Å². The van der Waals surface area contributed by atoms with E-state index in [1.165, 1.54) is 7.11 Å². The number of ether oxygens (including phenoxy) is 1. The highest BCUT2D eigenvalue weighted by Crippen LogP contribution is 2.18. The van der Waals surface area contributed by atoms with Crippen molar-refractivity contribution < 1.29 is 22.3 Å². The molecule has 1 rings (SSSR count). The van der Waals surface area contributed by atoms with Crippen LogP contribution in [0, 0.1) is 5.82 Å². The lowest BCUT2D eigenvalue weighted by Gasteiger charge is -2.17. The number of carbonyl (C=O) groups is 1. The third-order valence-electron chi connectivity index (χ3n) is 2.81. The molecule has 0 bridgehead atoms. The molecule has 1 amide bonds. The van der Waals surface area contributed by atoms with Crippen molar-refractivity contribution in [1.82, 2.24) is 5.32 Å². The number of amides is 1. The minimum absolute atomic E-state index is 0.233. The summed E-state index contributed by atoms with van der Waals surface area (Å²) in [7, 11) is 2.60. The van der Waals surface area contributed by atoms with Crippen molar-refractivity contribution in [2.24, 2.45) is 0 Å². The first-order valence-electron chi connectivity index (χ1n) is 6.33. The van der Waals surface area contributed by atoms with E-state index in [1.54, 1.807) is 0 Å². The molecule has 21 heavy (non-hydrogen) atoms. The highest BCUT2D eigenvalue weighted by atomic mass is 35.7. The molecule has 0 aliphatic carbocycles. The first kappa shape index (κ1) is 17.9. The number of halogens is 2. The molecule has 0 radical (unpaired) electrons. The maximum atomic E-state index is 13.8. The van der Waals surface area contributed by atoms with Gasteiger partial charge in [-0.3, -0.25) is 4.79 Å². The molecule has 1 unspecified atom stereocenters. The summed E-state index contributed by atoms with van der Waals surface area (Å²) in [5.74, 6) is -1.57. The van der Waals surface area contributed by atoms with Crippen molar-refractivity contribution in [1.29, 1.82) is 0 Å². The van der Waals surface area contributed by atoms with Gasteiger partial charge in [-0.05, 0) is 24.6 Å². The van der Waals surface area contributed by atoms with Gasteiger partial charge in [0.15, 0.2) is 0 Å². The zero-order chi connectivity index (χ0) is 16.0. The van der Waals surface area contributed by atoms with Gasteiger partial charge in [-0.1, -0.05) is 13.3 Å². The molecule has 0 saturated heterocycles. The van der Waals surface area contributed by atoms with Gasteiger partial charge in [0.05, 0.1) is 23.1 Å². The summed E-state index contributed by atoms with van der Waals surface area (Å²) in [5, 5.41) is 2.65. The Bertz CT molecular complexity index is 600. The summed E-state index contributed by atoms with van der Waals surface area (Å²) in [5.41, 5.74) is -0.240. The summed E-state index contributed by atoms with van der Waals surface area (Å²) in [6, 6.07) is 2.67. The van der Waals surface area contributed by atoms with Crippen molar-refractivity contribution >= 4 is 25.6 Å². The second kappa shape index (κ2) is 7.72. The van der Waals surface area contributed by atoms with Crippen LogP contribution in [-0.2, 0) is 13.8 Å². The molecule has 0 aromatic heterocycles. The number of rotatable bonds is 7. The van der Waals surface area contributed by atoms with Crippen LogP contribution in [0.15, 0.2) is 23.1 Å². The van der Waals surface area contributed by atoms with Gasteiger partial charge in [0.1, 0.15) is 5.82 Å². The van der Waals surface area contributed by atoms with E-state index in [1.807, 2.05) is 6.92 Å². The minimum Gasteiger partial charge on any atom is -0.383 e. The van der Waals surface area contributed by atoms with Crippen LogP contribution in [0.1, 0.15) is 30.1 Å². The molecule has 1 N–H and O–H groups in total. The molecule has 1 atom stereocenters. The Morgan fingerprint density at radius 1 is 1.48 bits per heavy atom. The fourth-order valence-corrected chi connectivity index (χ4v) is 2.60. The summed E-state index contributed by atoms with van der Waals surface area (Å²) in [4.78, 5) is 11.6. The number of hydrogen-bond acceptors (Lipinski definition) is 4. The molecule has 1 aromatic rings. The zero-order valence-corrected chi connectivity index (χ0v) is 13.3. The van der Waals surface area contributed by atoms with Crippen LogP contribution in [0.2, 0.25) is 0 Å². The maximum Gasteiger partial charge on any atom is 0.261 e. The summed E-state index contributed by atoms with van der Waals surface area (Å²) in [6.07, 6.45) is 1.52. The van der Waals surface area contributed by atoms with Gasteiger partial charge < -0.3 is 10.1 Å². The number of hydrogen-bond donors (Lipinski definition) is 1. The number of carbonyl (C=O) groups excluding carboxylic acids is 1. The Labute approximate surface area is 127 Å². The van der Waals surface area contributed by atoms with Crippen LogP contribution >= 0.6 is 10.7 Å². The normalized spacial score (nSPS) is 13.0. The summed E-state index contributed by atoms with van der Waals surface area (Å²) < 4.78 is 41.0. The van der Waals surface area contributed by atoms with Crippen LogP contribution in [0.3, 0.4) is 0 Å². The van der Waals surface area contributed by atoms with Gasteiger partial charge in [0.2, 0.25) is 0 Å². The predicted octanol–water partition coefficient (Wildman–Crippen LogP) is 2.30. The van der Waals surface area contributed by atoms with E-state index in [2.05, 4.69) is 5.32 Å². The topological polar surface area (TPSA) is 72.5 Å². The van der Waals surface area contributed by atoms with Gasteiger partial charge >= 0.3 is 0 Å². The second-order valence-electron chi connectivity index (χ2n) is 4.49. The summed E-state index contributed by atoms with van der Waals surface area (Å²) >= 11 is 0. The molecule has 0 heterocycles. The maximum absolute atomic E-state index is 13.8. The zero-order valence-electron chi connectivity index (χ0n) is 11.7. The van der Waals surface area contributed by atoms with Gasteiger partial charge in [0, 0.05) is 17.8 Å². The van der Waals surface area contributed by atoms with E-state index in [0.29, 0.717) is 13.0 Å². The van der Waals surface area contributed by atoms with Crippen molar-refractivity contribution in [2.75, 3.05) is 13.7 Å². The lowest BCUT2D eigenvalue weighted by Crippen LogP contribution is -2.38. The molecular weight excluding hydrogens is 321 g/mol. The van der Waals surface area contributed by atoms with E-state index in [0.717, 1.165) is 24.6 Å². The molecule has 0 fully saturated rings. The molecule has 8 heteroatoms. The van der Waals surface area contributed by atoms with E-state index in [-0.39, 0.29) is 16.5 Å². The highest BCUT2D eigenvalue weighted by Gasteiger charge is 2.19. The van der Waals surface area contributed by atoms with Gasteiger partial charge in [-0.2, -0.15) is 0 Å². The van der Waals surface area contributed by atoms with E-state index < -0.39 is 20.8 Å². The number of nitrogens with one attached hydrogen (secondary N) is 1. The molecule has 0 aliphatic heterocycles. The van der Waals surface area contributed by atoms with E-state index in [9.17, 15) is 17.6 Å². The first-order chi connectivity index (χ1) is 9.79. The SMILES string of the molecule is CCCC(COC)NC(=O)c1ccc(S(=O)(=O)Cl)cc1F. The van der Waals surface area contributed by atoms with Crippen LogP contribution in [0.4, 0.5) is 4.39 Å². The Morgan fingerprint density at radius 3 is 2.62 bits per heavy atom. The van der Waals surface area contributed by atoms with Gasteiger partial charge in [-0.15, -0.1) is 0 Å². The van der Waals surface area contributed by atoms with Crippen molar-refractivity contribution in [3.63, 3.8) is 0 Å². The third-order valence-corrected chi connectivity index (χ3v) is 4.16. The third kappa shape index (κ3) is 5.26. The fraction of sp³-hybridized carbons (Fsp3) is 0.462. The van der Waals surface area contributed by atoms with Crippen LogP contribution in [0.25, 0.3) is 0 Å². The minimum atomic E-state index is -4.03.